The normalized spacial score (nSPS) is 11.2. The Hall–Kier alpha value is -2.05. The first-order valence-electron chi connectivity index (χ1n) is 6.45. The molecule has 0 aliphatic rings. The van der Waals surface area contributed by atoms with E-state index in [4.69, 9.17) is 4.52 Å². The average molecular weight is 313 g/mol. The summed E-state index contributed by atoms with van der Waals surface area (Å²) in [6, 6.07) is 14.0. The van der Waals surface area contributed by atoms with Crippen LogP contribution in [0.25, 0.3) is 21.7 Å². The predicted molar refractivity (Wildman–Crippen MR) is 85.5 cm³/mol. The Morgan fingerprint density at radius 3 is 3.00 bits per heavy atom. The van der Waals surface area contributed by atoms with Crippen molar-refractivity contribution in [3.8, 4) is 10.6 Å². The molecule has 3 aromatic heterocycles. The van der Waals surface area contributed by atoms with Gasteiger partial charge in [0.1, 0.15) is 0 Å². The molecule has 1 aromatic carbocycles. The zero-order chi connectivity index (χ0) is 14.1. The molecule has 0 atom stereocenters. The summed E-state index contributed by atoms with van der Waals surface area (Å²) in [6.07, 6.45) is 0. The Kier molecular flexibility index (Phi) is 3.25. The molecular weight excluding hydrogens is 302 g/mol. The molecule has 4 nitrogen and oxygen atoms in total. The molecule has 0 saturated heterocycles. The van der Waals surface area contributed by atoms with Crippen LogP contribution in [0.15, 0.2) is 57.5 Å². The molecule has 6 heteroatoms. The Labute approximate surface area is 129 Å². The van der Waals surface area contributed by atoms with Crippen LogP contribution in [0, 0.1) is 0 Å². The van der Waals surface area contributed by atoms with Crippen molar-refractivity contribution >= 4 is 34.1 Å². The van der Waals surface area contributed by atoms with E-state index < -0.39 is 0 Å². The van der Waals surface area contributed by atoms with Crippen LogP contribution in [0.4, 0.5) is 0 Å². The van der Waals surface area contributed by atoms with Crippen molar-refractivity contribution in [3.05, 3.63) is 53.5 Å². The number of H-pyrrole nitrogens is 1. The molecule has 0 amide bonds. The number of imidazole rings is 1. The molecule has 4 aromatic rings. The number of aromatic nitrogens is 3. The van der Waals surface area contributed by atoms with E-state index in [0.29, 0.717) is 0 Å². The first-order chi connectivity index (χ1) is 10.4. The monoisotopic (exact) mass is 313 g/mol. The van der Waals surface area contributed by atoms with Gasteiger partial charge in [-0.25, -0.2) is 4.98 Å². The predicted octanol–water partition coefficient (Wildman–Crippen LogP) is 4.57. The second kappa shape index (κ2) is 5.38. The minimum absolute atomic E-state index is 0.731. The highest BCUT2D eigenvalue weighted by molar-refractivity contribution is 7.98. The zero-order valence-electron chi connectivity index (χ0n) is 10.9. The molecule has 0 unspecified atom stereocenters. The molecule has 0 aliphatic carbocycles. The fourth-order valence-corrected chi connectivity index (χ4v) is 3.49. The summed E-state index contributed by atoms with van der Waals surface area (Å²) in [5.41, 5.74) is 2.96. The SMILES string of the molecule is c1csc(-c2cc(CSc3nc4ccccc4[nH]3)no2)c1. The number of rotatable bonds is 4. The third-order valence-electron chi connectivity index (χ3n) is 3.05. The zero-order valence-corrected chi connectivity index (χ0v) is 12.6. The molecule has 21 heavy (non-hydrogen) atoms. The van der Waals surface area contributed by atoms with Crippen LogP contribution < -0.4 is 0 Å². The lowest BCUT2D eigenvalue weighted by Crippen LogP contribution is -1.80. The molecule has 0 fully saturated rings. The van der Waals surface area contributed by atoms with Crippen molar-refractivity contribution in [1.82, 2.24) is 15.1 Å². The number of nitrogens with zero attached hydrogens (tertiary/aromatic N) is 2. The van der Waals surface area contributed by atoms with E-state index in [9.17, 15) is 0 Å². The second-order valence-electron chi connectivity index (χ2n) is 4.51. The van der Waals surface area contributed by atoms with Crippen molar-refractivity contribution in [2.75, 3.05) is 0 Å². The van der Waals surface area contributed by atoms with E-state index in [1.807, 2.05) is 47.8 Å². The standard InChI is InChI=1S/C15H11N3OS2/c1-2-5-12-11(4-1)16-15(17-12)21-9-10-8-13(19-18-10)14-6-3-7-20-14/h1-8H,9H2,(H,16,17). The molecule has 0 saturated carbocycles. The van der Waals surface area contributed by atoms with Gasteiger partial charge in [-0.1, -0.05) is 35.1 Å². The maximum absolute atomic E-state index is 5.37. The molecule has 3 heterocycles. The fraction of sp³-hybridized carbons (Fsp3) is 0.0667. The summed E-state index contributed by atoms with van der Waals surface area (Å²) in [7, 11) is 0. The number of nitrogens with one attached hydrogen (secondary N) is 1. The smallest absolute Gasteiger partial charge is 0.177 e. The largest absolute Gasteiger partial charge is 0.355 e. The fourth-order valence-electron chi connectivity index (χ4n) is 2.05. The Morgan fingerprint density at radius 1 is 1.19 bits per heavy atom. The van der Waals surface area contributed by atoms with Crippen molar-refractivity contribution in [2.45, 2.75) is 10.9 Å². The number of fused-ring (bicyclic) bond motifs is 1. The van der Waals surface area contributed by atoms with E-state index in [-0.39, 0.29) is 0 Å². The van der Waals surface area contributed by atoms with E-state index in [1.54, 1.807) is 23.1 Å². The molecule has 0 aliphatic heterocycles. The van der Waals surface area contributed by atoms with E-state index >= 15 is 0 Å². The van der Waals surface area contributed by atoms with E-state index in [2.05, 4.69) is 15.1 Å². The van der Waals surface area contributed by atoms with Crippen LogP contribution in [-0.2, 0) is 5.75 Å². The van der Waals surface area contributed by atoms with Crippen LogP contribution in [0.2, 0.25) is 0 Å². The highest BCUT2D eigenvalue weighted by Gasteiger charge is 2.09. The quantitative estimate of drug-likeness (QED) is 0.561. The highest BCUT2D eigenvalue weighted by Crippen LogP contribution is 2.28. The summed E-state index contributed by atoms with van der Waals surface area (Å²) in [5, 5.41) is 7.04. The van der Waals surface area contributed by atoms with Gasteiger partial charge >= 0.3 is 0 Å². The minimum Gasteiger partial charge on any atom is -0.355 e. The number of thiophene rings is 1. The van der Waals surface area contributed by atoms with Gasteiger partial charge in [0.05, 0.1) is 21.6 Å². The Morgan fingerprint density at radius 2 is 2.14 bits per heavy atom. The van der Waals surface area contributed by atoms with Gasteiger partial charge in [0, 0.05) is 11.8 Å². The number of para-hydroxylation sites is 2. The third-order valence-corrected chi connectivity index (χ3v) is 4.84. The lowest BCUT2D eigenvalue weighted by Gasteiger charge is -1.91. The maximum Gasteiger partial charge on any atom is 0.177 e. The summed E-state index contributed by atoms with van der Waals surface area (Å²) < 4.78 is 5.37. The van der Waals surface area contributed by atoms with Gasteiger partial charge in [-0.05, 0) is 23.6 Å². The topological polar surface area (TPSA) is 54.7 Å². The summed E-state index contributed by atoms with van der Waals surface area (Å²) in [5.74, 6) is 1.56. The molecule has 0 bridgehead atoms. The number of hydrogen-bond donors (Lipinski definition) is 1. The van der Waals surface area contributed by atoms with Gasteiger partial charge in [-0.3, -0.25) is 0 Å². The van der Waals surface area contributed by atoms with Crippen LogP contribution in [0.1, 0.15) is 5.69 Å². The minimum atomic E-state index is 0.731. The number of hydrogen-bond acceptors (Lipinski definition) is 5. The first kappa shape index (κ1) is 12.7. The summed E-state index contributed by atoms with van der Waals surface area (Å²) >= 11 is 3.27. The van der Waals surface area contributed by atoms with Gasteiger partial charge in [0.2, 0.25) is 0 Å². The summed E-state index contributed by atoms with van der Waals surface area (Å²) in [6.45, 7) is 0. The van der Waals surface area contributed by atoms with Crippen LogP contribution in [0.3, 0.4) is 0 Å². The van der Waals surface area contributed by atoms with E-state index in [0.717, 1.165) is 38.3 Å². The van der Waals surface area contributed by atoms with Gasteiger partial charge in [-0.15, -0.1) is 11.3 Å². The molecule has 1 N–H and O–H groups in total. The van der Waals surface area contributed by atoms with Crippen LogP contribution >= 0.6 is 23.1 Å². The van der Waals surface area contributed by atoms with Crippen molar-refractivity contribution in [3.63, 3.8) is 0 Å². The molecule has 4 rings (SSSR count). The van der Waals surface area contributed by atoms with Crippen LogP contribution in [-0.4, -0.2) is 15.1 Å². The highest BCUT2D eigenvalue weighted by atomic mass is 32.2. The van der Waals surface area contributed by atoms with Crippen molar-refractivity contribution < 1.29 is 4.52 Å². The van der Waals surface area contributed by atoms with Crippen molar-refractivity contribution in [2.24, 2.45) is 0 Å². The summed E-state index contributed by atoms with van der Waals surface area (Å²) in [4.78, 5) is 8.93. The first-order valence-corrected chi connectivity index (χ1v) is 8.32. The number of aromatic amines is 1. The van der Waals surface area contributed by atoms with E-state index in [1.165, 1.54) is 0 Å². The molecular formula is C15H11N3OS2. The average Bonchev–Trinajstić information content (AvgIpc) is 3.23. The lowest BCUT2D eigenvalue weighted by atomic mass is 10.3. The van der Waals surface area contributed by atoms with Gasteiger partial charge in [0.15, 0.2) is 10.9 Å². The maximum atomic E-state index is 5.37. The molecule has 0 spiro atoms. The third kappa shape index (κ3) is 2.59. The second-order valence-corrected chi connectivity index (χ2v) is 6.42. The Balaban J connectivity index is 1.49. The molecule has 104 valence electrons. The molecule has 0 radical (unpaired) electrons. The Bertz CT molecular complexity index is 831. The lowest BCUT2D eigenvalue weighted by molar-refractivity contribution is 0.427. The van der Waals surface area contributed by atoms with Gasteiger partial charge in [0.25, 0.3) is 0 Å². The van der Waals surface area contributed by atoms with Gasteiger partial charge < -0.3 is 9.51 Å². The van der Waals surface area contributed by atoms with Gasteiger partial charge in [-0.2, -0.15) is 0 Å². The van der Waals surface area contributed by atoms with Crippen molar-refractivity contribution in [1.29, 1.82) is 0 Å². The number of benzene rings is 1. The number of thioether (sulfide) groups is 1. The van der Waals surface area contributed by atoms with Crippen LogP contribution in [0.5, 0.6) is 0 Å².